The van der Waals surface area contributed by atoms with Crippen LogP contribution in [0.15, 0.2) is 30.3 Å². The van der Waals surface area contributed by atoms with E-state index in [0.29, 0.717) is 11.7 Å². The third kappa shape index (κ3) is 3.61. The summed E-state index contributed by atoms with van der Waals surface area (Å²) in [5.74, 6) is 8.51. The van der Waals surface area contributed by atoms with Crippen molar-refractivity contribution in [1.82, 2.24) is 9.97 Å². The number of rotatable bonds is 6. The zero-order valence-corrected chi connectivity index (χ0v) is 11.7. The number of hydrogen-bond acceptors (Lipinski definition) is 6. The van der Waals surface area contributed by atoms with Crippen LogP contribution >= 0.6 is 0 Å². The Morgan fingerprint density at radius 2 is 1.86 bits per heavy atom. The van der Waals surface area contributed by atoms with Crippen molar-refractivity contribution in [2.75, 3.05) is 17.3 Å². The van der Waals surface area contributed by atoms with E-state index in [4.69, 9.17) is 5.84 Å². The van der Waals surface area contributed by atoms with Gasteiger partial charge in [0.05, 0.1) is 0 Å². The van der Waals surface area contributed by atoms with E-state index in [0.717, 1.165) is 43.0 Å². The number of aromatic hydroxyl groups is 1. The van der Waals surface area contributed by atoms with Crippen molar-refractivity contribution >= 4 is 11.6 Å². The van der Waals surface area contributed by atoms with Gasteiger partial charge in [-0.2, -0.15) is 0 Å². The molecule has 1 heterocycles. The van der Waals surface area contributed by atoms with Gasteiger partial charge in [0.25, 0.3) is 0 Å². The van der Waals surface area contributed by atoms with E-state index >= 15 is 0 Å². The van der Waals surface area contributed by atoms with E-state index in [1.807, 2.05) is 18.2 Å². The maximum Gasteiger partial charge on any atom is 0.145 e. The van der Waals surface area contributed by atoms with E-state index in [1.54, 1.807) is 12.1 Å². The van der Waals surface area contributed by atoms with Gasteiger partial charge >= 0.3 is 0 Å². The number of hydrazine groups is 1. The number of anilines is 2. The Bertz CT molecular complexity index is 610. The molecule has 6 nitrogen and oxygen atoms in total. The molecule has 1 fully saturated rings. The van der Waals surface area contributed by atoms with Gasteiger partial charge in [-0.25, -0.2) is 15.8 Å². The van der Waals surface area contributed by atoms with Crippen molar-refractivity contribution in [2.45, 2.75) is 25.2 Å². The summed E-state index contributed by atoms with van der Waals surface area (Å²) in [4.78, 5) is 8.91. The summed E-state index contributed by atoms with van der Waals surface area (Å²) >= 11 is 0. The number of nitrogens with zero attached hydrogens (tertiary/aromatic N) is 2. The number of phenols is 1. The summed E-state index contributed by atoms with van der Waals surface area (Å²) in [6.45, 7) is 0.760. The van der Waals surface area contributed by atoms with E-state index in [-0.39, 0.29) is 5.75 Å². The summed E-state index contributed by atoms with van der Waals surface area (Å²) in [5, 5.41) is 12.6. The van der Waals surface area contributed by atoms with Crippen molar-refractivity contribution in [3.63, 3.8) is 0 Å². The van der Waals surface area contributed by atoms with Crippen molar-refractivity contribution < 1.29 is 5.11 Å². The lowest BCUT2D eigenvalue weighted by molar-refractivity contribution is 0.475. The number of aromatic nitrogens is 2. The molecule has 0 amide bonds. The SMILES string of the molecule is NNc1cc(NCCc2ccc(O)cc2)nc(C2CC2)n1. The van der Waals surface area contributed by atoms with Gasteiger partial charge < -0.3 is 15.8 Å². The molecule has 110 valence electrons. The Balaban J connectivity index is 1.61. The van der Waals surface area contributed by atoms with Gasteiger partial charge in [0.1, 0.15) is 23.2 Å². The van der Waals surface area contributed by atoms with Crippen molar-refractivity contribution in [1.29, 1.82) is 0 Å². The largest absolute Gasteiger partial charge is 0.508 e. The highest BCUT2D eigenvalue weighted by molar-refractivity contribution is 5.47. The Morgan fingerprint density at radius 3 is 2.52 bits per heavy atom. The number of phenolic OH excluding ortho intramolecular Hbond substituents is 1. The average Bonchev–Trinajstić information content (AvgIpc) is 3.34. The van der Waals surface area contributed by atoms with Crippen LogP contribution in [0.4, 0.5) is 11.6 Å². The fourth-order valence-corrected chi connectivity index (χ4v) is 2.15. The second-order valence-corrected chi connectivity index (χ2v) is 5.26. The molecule has 0 saturated heterocycles. The van der Waals surface area contributed by atoms with Crippen molar-refractivity contribution in [2.24, 2.45) is 5.84 Å². The van der Waals surface area contributed by atoms with Gasteiger partial charge in [0, 0.05) is 18.5 Å². The van der Waals surface area contributed by atoms with Crippen LogP contribution in [0, 0.1) is 0 Å². The Labute approximate surface area is 123 Å². The molecule has 3 rings (SSSR count). The lowest BCUT2D eigenvalue weighted by Gasteiger charge is -2.09. The fraction of sp³-hybridized carbons (Fsp3) is 0.333. The van der Waals surface area contributed by atoms with Crippen LogP contribution in [-0.2, 0) is 6.42 Å². The van der Waals surface area contributed by atoms with Gasteiger partial charge in [0.2, 0.25) is 0 Å². The first-order valence-corrected chi connectivity index (χ1v) is 7.12. The van der Waals surface area contributed by atoms with Gasteiger partial charge in [-0.15, -0.1) is 0 Å². The highest BCUT2D eigenvalue weighted by Gasteiger charge is 2.27. The predicted molar refractivity (Wildman–Crippen MR) is 82.1 cm³/mol. The topological polar surface area (TPSA) is 96.1 Å². The van der Waals surface area contributed by atoms with Crippen molar-refractivity contribution in [3.8, 4) is 5.75 Å². The summed E-state index contributed by atoms with van der Waals surface area (Å²) in [7, 11) is 0. The number of hydrogen-bond donors (Lipinski definition) is 4. The fourth-order valence-electron chi connectivity index (χ4n) is 2.15. The summed E-state index contributed by atoms with van der Waals surface area (Å²) in [6.07, 6.45) is 3.16. The molecule has 2 aromatic rings. The molecule has 21 heavy (non-hydrogen) atoms. The molecule has 1 aromatic heterocycles. The highest BCUT2D eigenvalue weighted by atomic mass is 16.3. The molecule has 1 aliphatic rings. The molecule has 0 atom stereocenters. The van der Waals surface area contributed by atoms with Gasteiger partial charge in [-0.05, 0) is 37.0 Å². The Kier molecular flexibility index (Phi) is 3.87. The molecule has 5 N–H and O–H groups in total. The minimum atomic E-state index is 0.287. The zero-order chi connectivity index (χ0) is 14.7. The second kappa shape index (κ2) is 5.97. The number of benzene rings is 1. The number of nitrogens with one attached hydrogen (secondary N) is 2. The molecule has 6 heteroatoms. The van der Waals surface area contributed by atoms with Crippen LogP contribution in [0.25, 0.3) is 0 Å². The molecule has 0 unspecified atom stereocenters. The first kappa shape index (κ1) is 13.6. The van der Waals surface area contributed by atoms with Gasteiger partial charge in [0.15, 0.2) is 0 Å². The minimum absolute atomic E-state index is 0.287. The summed E-state index contributed by atoms with van der Waals surface area (Å²) in [5.41, 5.74) is 3.75. The van der Waals surface area contributed by atoms with Crippen LogP contribution in [0.2, 0.25) is 0 Å². The molecule has 1 aromatic carbocycles. The van der Waals surface area contributed by atoms with Gasteiger partial charge in [-0.1, -0.05) is 12.1 Å². The third-order valence-corrected chi connectivity index (χ3v) is 3.49. The predicted octanol–water partition coefficient (Wildman–Crippen LogP) is 2.00. The highest BCUT2D eigenvalue weighted by Crippen LogP contribution is 2.38. The molecule has 1 saturated carbocycles. The van der Waals surface area contributed by atoms with Crippen molar-refractivity contribution in [3.05, 3.63) is 41.7 Å². The summed E-state index contributed by atoms with van der Waals surface area (Å²) < 4.78 is 0. The monoisotopic (exact) mass is 285 g/mol. The third-order valence-electron chi connectivity index (χ3n) is 3.49. The van der Waals surface area contributed by atoms with Crippen LogP contribution < -0.4 is 16.6 Å². The normalized spacial score (nSPS) is 14.0. The first-order chi connectivity index (χ1) is 10.2. The lowest BCUT2D eigenvalue weighted by Crippen LogP contribution is -2.13. The maximum atomic E-state index is 9.25. The minimum Gasteiger partial charge on any atom is -0.508 e. The average molecular weight is 285 g/mol. The molecular formula is C15H19N5O. The lowest BCUT2D eigenvalue weighted by atomic mass is 10.1. The molecule has 0 bridgehead atoms. The zero-order valence-electron chi connectivity index (χ0n) is 11.7. The molecule has 1 aliphatic carbocycles. The number of nitrogens with two attached hydrogens (primary N) is 1. The molecule has 0 radical (unpaired) electrons. The molecular weight excluding hydrogens is 266 g/mol. The van der Waals surface area contributed by atoms with Gasteiger partial charge in [-0.3, -0.25) is 0 Å². The smallest absolute Gasteiger partial charge is 0.145 e. The van der Waals surface area contributed by atoms with E-state index in [1.165, 1.54) is 0 Å². The standard InChI is InChI=1S/C15H19N5O/c16-20-14-9-13(18-15(19-14)11-3-4-11)17-8-7-10-1-5-12(21)6-2-10/h1-2,5-6,9,11,21H,3-4,7-8,16H2,(H2,17,18,19,20). The van der Waals surface area contributed by atoms with E-state index in [2.05, 4.69) is 20.7 Å². The molecule has 0 spiro atoms. The van der Waals surface area contributed by atoms with Crippen LogP contribution in [-0.4, -0.2) is 21.6 Å². The Morgan fingerprint density at radius 1 is 1.14 bits per heavy atom. The quantitative estimate of drug-likeness (QED) is 0.479. The Hall–Kier alpha value is -2.34. The second-order valence-electron chi connectivity index (χ2n) is 5.26. The van der Waals surface area contributed by atoms with Crippen LogP contribution in [0.1, 0.15) is 30.1 Å². The number of nitrogen functional groups attached to an aromatic ring is 1. The van der Waals surface area contributed by atoms with Crippen LogP contribution in [0.3, 0.4) is 0 Å². The first-order valence-electron chi connectivity index (χ1n) is 7.12. The van der Waals surface area contributed by atoms with E-state index < -0.39 is 0 Å². The maximum absolute atomic E-state index is 9.25. The van der Waals surface area contributed by atoms with E-state index in [9.17, 15) is 5.11 Å². The molecule has 0 aliphatic heterocycles. The van der Waals surface area contributed by atoms with Crippen LogP contribution in [0.5, 0.6) is 5.75 Å². The summed E-state index contributed by atoms with van der Waals surface area (Å²) in [6, 6.07) is 9.03.